The van der Waals surface area contributed by atoms with Gasteiger partial charge in [-0.2, -0.15) is 13.2 Å². The number of carbonyl (C=O) groups is 1. The summed E-state index contributed by atoms with van der Waals surface area (Å²) in [6, 6.07) is 12.5. The van der Waals surface area contributed by atoms with Crippen LogP contribution in [0.1, 0.15) is 17.5 Å². The summed E-state index contributed by atoms with van der Waals surface area (Å²) in [5.41, 5.74) is -2.37. The zero-order valence-electron chi connectivity index (χ0n) is 14.7. The molecule has 1 aliphatic rings. The number of rotatable bonds is 4. The standard InChI is InChI=1S/C20H14ClF3N2O3/c21-17-9-10-19(26(28)29,12-16(17)13-5-2-1-3-6-13)18(27)25-15-8-4-7-14(11-15)20(22,23)24/h1-11H,12H2,(H,25,27). The molecule has 0 bridgehead atoms. The summed E-state index contributed by atoms with van der Waals surface area (Å²) in [6.45, 7) is 0. The highest BCUT2D eigenvalue weighted by Gasteiger charge is 2.51. The van der Waals surface area contributed by atoms with Gasteiger partial charge < -0.3 is 5.32 Å². The Labute approximate surface area is 168 Å². The Morgan fingerprint density at radius 1 is 1.14 bits per heavy atom. The monoisotopic (exact) mass is 422 g/mol. The van der Waals surface area contributed by atoms with Gasteiger partial charge in [-0.15, -0.1) is 0 Å². The summed E-state index contributed by atoms with van der Waals surface area (Å²) in [4.78, 5) is 23.9. The smallest absolute Gasteiger partial charge is 0.320 e. The van der Waals surface area contributed by atoms with E-state index in [1.54, 1.807) is 30.3 Å². The lowest BCUT2D eigenvalue weighted by atomic mass is 9.83. The van der Waals surface area contributed by atoms with Gasteiger partial charge in [0.1, 0.15) is 0 Å². The number of nitro groups is 1. The molecule has 1 unspecified atom stereocenters. The number of halogens is 4. The van der Waals surface area contributed by atoms with Crippen LogP contribution in [-0.2, 0) is 11.0 Å². The van der Waals surface area contributed by atoms with Crippen molar-refractivity contribution in [2.45, 2.75) is 18.1 Å². The maximum atomic E-state index is 12.9. The Morgan fingerprint density at radius 2 is 1.83 bits per heavy atom. The number of hydrogen-bond donors (Lipinski definition) is 1. The van der Waals surface area contributed by atoms with Gasteiger partial charge in [-0.25, -0.2) is 0 Å². The average Bonchev–Trinajstić information content (AvgIpc) is 2.68. The second kappa shape index (κ2) is 7.71. The predicted octanol–water partition coefficient (Wildman–Crippen LogP) is 5.27. The van der Waals surface area contributed by atoms with Crippen molar-refractivity contribution in [3.05, 3.63) is 93.0 Å². The van der Waals surface area contributed by atoms with E-state index in [0.29, 0.717) is 11.1 Å². The fraction of sp³-hybridized carbons (Fsp3) is 0.150. The highest BCUT2D eigenvalue weighted by molar-refractivity contribution is 6.34. The SMILES string of the molecule is O=C(Nc1cccc(C(F)(F)F)c1)C1([N+](=O)[O-])C=CC(Cl)=C(c2ccccc2)C1. The molecule has 0 saturated carbocycles. The van der Waals surface area contributed by atoms with Crippen molar-refractivity contribution in [1.82, 2.24) is 0 Å². The molecule has 9 heteroatoms. The zero-order chi connectivity index (χ0) is 21.2. The van der Waals surface area contributed by atoms with E-state index in [1.165, 1.54) is 12.1 Å². The van der Waals surface area contributed by atoms with Crippen LogP contribution in [0.4, 0.5) is 18.9 Å². The van der Waals surface area contributed by atoms with Gasteiger partial charge in [-0.1, -0.05) is 48.0 Å². The number of benzene rings is 2. The first-order valence-corrected chi connectivity index (χ1v) is 8.78. The van der Waals surface area contributed by atoms with E-state index in [9.17, 15) is 28.1 Å². The third-order valence-electron chi connectivity index (χ3n) is 4.53. The van der Waals surface area contributed by atoms with Crippen LogP contribution in [0.5, 0.6) is 0 Å². The van der Waals surface area contributed by atoms with E-state index in [0.717, 1.165) is 24.3 Å². The van der Waals surface area contributed by atoms with Crippen LogP contribution in [-0.4, -0.2) is 16.4 Å². The molecule has 0 saturated heterocycles. The van der Waals surface area contributed by atoms with Crippen molar-refractivity contribution < 1.29 is 22.9 Å². The third kappa shape index (κ3) is 4.17. The molecule has 29 heavy (non-hydrogen) atoms. The van der Waals surface area contributed by atoms with Crippen molar-refractivity contribution >= 4 is 28.8 Å². The van der Waals surface area contributed by atoms with Gasteiger partial charge in [0, 0.05) is 21.7 Å². The van der Waals surface area contributed by atoms with Gasteiger partial charge >= 0.3 is 17.6 Å². The molecular weight excluding hydrogens is 409 g/mol. The summed E-state index contributed by atoms with van der Waals surface area (Å²) in [5, 5.41) is 14.4. The van der Waals surface area contributed by atoms with Crippen LogP contribution >= 0.6 is 11.6 Å². The lowest BCUT2D eigenvalue weighted by Crippen LogP contribution is -2.49. The second-order valence-corrected chi connectivity index (χ2v) is 6.82. The summed E-state index contributed by atoms with van der Waals surface area (Å²) >= 11 is 6.20. The Balaban J connectivity index is 1.94. The van der Waals surface area contributed by atoms with Crippen molar-refractivity contribution in [3.8, 4) is 0 Å². The van der Waals surface area contributed by atoms with Crippen LogP contribution in [0.3, 0.4) is 0 Å². The highest BCUT2D eigenvalue weighted by Crippen LogP contribution is 2.38. The number of anilines is 1. The molecule has 5 nitrogen and oxygen atoms in total. The van der Waals surface area contributed by atoms with Crippen molar-refractivity contribution in [1.29, 1.82) is 0 Å². The minimum Gasteiger partial charge on any atom is -0.320 e. The number of nitrogens with zero attached hydrogens (tertiary/aromatic N) is 1. The second-order valence-electron chi connectivity index (χ2n) is 6.42. The predicted molar refractivity (Wildman–Crippen MR) is 103 cm³/mol. The Morgan fingerprint density at radius 3 is 2.45 bits per heavy atom. The summed E-state index contributed by atoms with van der Waals surface area (Å²) in [6.07, 6.45) is -2.63. The molecule has 0 aromatic heterocycles. The van der Waals surface area contributed by atoms with Gasteiger partial charge in [-0.05, 0) is 35.4 Å². The molecule has 0 radical (unpaired) electrons. The van der Waals surface area contributed by atoms with Crippen LogP contribution in [0.25, 0.3) is 5.57 Å². The van der Waals surface area contributed by atoms with Crippen LogP contribution in [0.15, 0.2) is 71.8 Å². The molecule has 2 aromatic rings. The molecule has 1 atom stereocenters. The van der Waals surface area contributed by atoms with Crippen molar-refractivity contribution in [2.24, 2.45) is 0 Å². The van der Waals surface area contributed by atoms with Crippen LogP contribution in [0, 0.1) is 10.1 Å². The lowest BCUT2D eigenvalue weighted by Gasteiger charge is -2.26. The van der Waals surface area contributed by atoms with Crippen LogP contribution in [0.2, 0.25) is 0 Å². The third-order valence-corrected chi connectivity index (χ3v) is 4.88. The zero-order valence-corrected chi connectivity index (χ0v) is 15.5. The topological polar surface area (TPSA) is 72.2 Å². The molecule has 1 amide bonds. The van der Waals surface area contributed by atoms with Gasteiger partial charge in [-0.3, -0.25) is 14.9 Å². The van der Waals surface area contributed by atoms with Gasteiger partial charge in [0.25, 0.3) is 0 Å². The Kier molecular flexibility index (Phi) is 5.48. The molecule has 0 aliphatic heterocycles. The normalized spacial score (nSPS) is 19.2. The van der Waals surface area contributed by atoms with Gasteiger partial charge in [0.15, 0.2) is 0 Å². The van der Waals surface area contributed by atoms with E-state index < -0.39 is 28.1 Å². The quantitative estimate of drug-likeness (QED) is 0.539. The molecule has 0 heterocycles. The summed E-state index contributed by atoms with van der Waals surface area (Å²) in [7, 11) is 0. The highest BCUT2D eigenvalue weighted by atomic mass is 35.5. The minimum atomic E-state index is -4.61. The Hall–Kier alpha value is -3.13. The van der Waals surface area contributed by atoms with E-state index in [4.69, 9.17) is 11.6 Å². The summed E-state index contributed by atoms with van der Waals surface area (Å²) < 4.78 is 38.7. The molecule has 2 aromatic carbocycles. The number of carbonyl (C=O) groups excluding carboxylic acids is 1. The lowest BCUT2D eigenvalue weighted by molar-refractivity contribution is -0.536. The molecule has 0 spiro atoms. The molecule has 1 aliphatic carbocycles. The first-order valence-electron chi connectivity index (χ1n) is 8.40. The van der Waals surface area contributed by atoms with E-state index >= 15 is 0 Å². The molecule has 3 rings (SSSR count). The molecule has 1 N–H and O–H groups in total. The molecular formula is C20H14ClF3N2O3. The molecule has 0 fully saturated rings. The van der Waals surface area contributed by atoms with Crippen molar-refractivity contribution in [2.75, 3.05) is 5.32 Å². The van der Waals surface area contributed by atoms with E-state index in [1.807, 2.05) is 0 Å². The number of nitrogens with one attached hydrogen (secondary N) is 1. The van der Waals surface area contributed by atoms with E-state index in [-0.39, 0.29) is 17.1 Å². The van der Waals surface area contributed by atoms with Gasteiger partial charge in [0.2, 0.25) is 0 Å². The largest absolute Gasteiger partial charge is 0.416 e. The van der Waals surface area contributed by atoms with Gasteiger partial charge in [0.05, 0.1) is 12.0 Å². The Bertz CT molecular complexity index is 1020. The van der Waals surface area contributed by atoms with Crippen molar-refractivity contribution in [3.63, 3.8) is 0 Å². The molecule has 150 valence electrons. The average molecular weight is 423 g/mol. The first kappa shape index (κ1) is 20.6. The van der Waals surface area contributed by atoms with E-state index in [2.05, 4.69) is 5.32 Å². The number of allylic oxidation sites excluding steroid dienone is 2. The fourth-order valence-electron chi connectivity index (χ4n) is 2.98. The first-order chi connectivity index (χ1) is 13.6. The number of hydrogen-bond acceptors (Lipinski definition) is 3. The number of amides is 1. The number of alkyl halides is 3. The fourth-order valence-corrected chi connectivity index (χ4v) is 3.22. The maximum Gasteiger partial charge on any atom is 0.416 e. The summed E-state index contributed by atoms with van der Waals surface area (Å²) in [5.74, 6) is -1.06. The van der Waals surface area contributed by atoms with Crippen LogP contribution < -0.4 is 5.32 Å². The minimum absolute atomic E-state index is 0.193. The maximum absolute atomic E-state index is 12.9.